The number of thioether (sulfide) groups is 1. The van der Waals surface area contributed by atoms with Crippen molar-refractivity contribution in [2.75, 3.05) is 19.8 Å². The zero-order chi connectivity index (χ0) is 14.8. The van der Waals surface area contributed by atoms with E-state index in [1.54, 1.807) is 4.90 Å². The minimum absolute atomic E-state index is 0.0276. The molecule has 0 N–H and O–H groups in total. The highest BCUT2D eigenvalue weighted by atomic mass is 79.9. The molecule has 0 aromatic heterocycles. The molecule has 0 unspecified atom stereocenters. The van der Waals surface area contributed by atoms with Gasteiger partial charge in [-0.05, 0) is 49.7 Å². The first-order valence-electron chi connectivity index (χ1n) is 6.87. The molecule has 0 saturated carbocycles. The maximum absolute atomic E-state index is 12.5. The molecule has 2 aliphatic rings. The zero-order valence-corrected chi connectivity index (χ0v) is 14.6. The summed E-state index contributed by atoms with van der Waals surface area (Å²) in [7, 11) is 0. The molecule has 0 radical (unpaired) electrons. The Labute approximate surface area is 142 Å². The van der Waals surface area contributed by atoms with Gasteiger partial charge in [0.2, 0.25) is 0 Å². The first-order chi connectivity index (χ1) is 10.1. The third kappa shape index (κ3) is 3.56. The Balaban J connectivity index is 1.74. The second-order valence-corrected chi connectivity index (χ2v) is 7.72. The number of halogens is 1. The molecule has 2 fully saturated rings. The molecule has 6 heteroatoms. The molecule has 2 saturated heterocycles. The number of nitrogens with zero attached hydrogens (tertiary/aromatic N) is 2. The van der Waals surface area contributed by atoms with Gasteiger partial charge < -0.3 is 0 Å². The smallest absolute Gasteiger partial charge is 0.267 e. The standard InChI is InChI=1S/C15H15BrN2OS2/c16-12-5-3-11(4-6-12)9-13-14(19)18(15(20)21-13)10-17-7-1-2-8-17/h3-6,9H,1-2,7-8,10H2. The van der Waals surface area contributed by atoms with Crippen LogP contribution in [0, 0.1) is 0 Å². The van der Waals surface area contributed by atoms with Crippen molar-refractivity contribution in [1.29, 1.82) is 0 Å². The van der Waals surface area contributed by atoms with Gasteiger partial charge in [0.15, 0.2) is 0 Å². The average Bonchev–Trinajstić information content (AvgIpc) is 3.06. The van der Waals surface area contributed by atoms with Crippen molar-refractivity contribution in [2.24, 2.45) is 0 Å². The van der Waals surface area contributed by atoms with Gasteiger partial charge in [-0.3, -0.25) is 14.6 Å². The van der Waals surface area contributed by atoms with E-state index in [2.05, 4.69) is 20.8 Å². The van der Waals surface area contributed by atoms with Gasteiger partial charge >= 0.3 is 0 Å². The van der Waals surface area contributed by atoms with Crippen LogP contribution in [-0.2, 0) is 4.79 Å². The summed E-state index contributed by atoms with van der Waals surface area (Å²) in [4.78, 5) is 17.2. The van der Waals surface area contributed by atoms with Gasteiger partial charge in [0.1, 0.15) is 4.32 Å². The van der Waals surface area contributed by atoms with Gasteiger partial charge in [-0.25, -0.2) is 0 Å². The molecule has 3 nitrogen and oxygen atoms in total. The molecule has 1 aromatic rings. The highest BCUT2D eigenvalue weighted by molar-refractivity contribution is 9.10. The van der Waals surface area contributed by atoms with Gasteiger partial charge in [0.25, 0.3) is 5.91 Å². The van der Waals surface area contributed by atoms with Crippen LogP contribution in [0.5, 0.6) is 0 Å². The molecule has 2 heterocycles. The van der Waals surface area contributed by atoms with Crippen molar-refractivity contribution < 1.29 is 4.79 Å². The lowest BCUT2D eigenvalue weighted by atomic mass is 10.2. The molecule has 1 aromatic carbocycles. The maximum Gasteiger partial charge on any atom is 0.267 e. The Morgan fingerprint density at radius 3 is 2.57 bits per heavy atom. The molecule has 21 heavy (non-hydrogen) atoms. The quantitative estimate of drug-likeness (QED) is 0.587. The van der Waals surface area contributed by atoms with Crippen molar-refractivity contribution in [3.8, 4) is 0 Å². The summed E-state index contributed by atoms with van der Waals surface area (Å²) in [6, 6.07) is 7.90. The summed E-state index contributed by atoms with van der Waals surface area (Å²) in [5, 5.41) is 0. The van der Waals surface area contributed by atoms with E-state index in [1.807, 2.05) is 30.3 Å². The van der Waals surface area contributed by atoms with Crippen molar-refractivity contribution in [1.82, 2.24) is 9.80 Å². The summed E-state index contributed by atoms with van der Waals surface area (Å²) in [6.45, 7) is 2.74. The van der Waals surface area contributed by atoms with E-state index in [0.717, 1.165) is 23.1 Å². The van der Waals surface area contributed by atoms with E-state index in [9.17, 15) is 4.79 Å². The van der Waals surface area contributed by atoms with Crippen molar-refractivity contribution in [3.05, 3.63) is 39.2 Å². The van der Waals surface area contributed by atoms with Crippen LogP contribution < -0.4 is 0 Å². The van der Waals surface area contributed by atoms with Crippen molar-refractivity contribution in [3.63, 3.8) is 0 Å². The van der Waals surface area contributed by atoms with Crippen LogP contribution in [-0.4, -0.2) is 39.8 Å². The molecule has 1 amide bonds. The maximum atomic E-state index is 12.5. The fourth-order valence-electron chi connectivity index (χ4n) is 2.46. The van der Waals surface area contributed by atoms with Crippen molar-refractivity contribution in [2.45, 2.75) is 12.8 Å². The Kier molecular flexibility index (Phi) is 4.78. The Morgan fingerprint density at radius 1 is 1.24 bits per heavy atom. The normalized spacial score (nSPS) is 21.8. The number of carbonyl (C=O) groups excluding carboxylic acids is 1. The fraction of sp³-hybridized carbons (Fsp3) is 0.333. The number of hydrogen-bond acceptors (Lipinski definition) is 4. The van der Waals surface area contributed by atoms with E-state index in [4.69, 9.17) is 12.2 Å². The van der Waals surface area contributed by atoms with E-state index in [0.29, 0.717) is 15.9 Å². The van der Waals surface area contributed by atoms with Crippen LogP contribution in [0.4, 0.5) is 0 Å². The predicted molar refractivity (Wildman–Crippen MR) is 94.8 cm³/mol. The lowest BCUT2D eigenvalue weighted by Gasteiger charge is -2.22. The lowest BCUT2D eigenvalue weighted by molar-refractivity contribution is -0.123. The highest BCUT2D eigenvalue weighted by Gasteiger charge is 2.33. The van der Waals surface area contributed by atoms with E-state index >= 15 is 0 Å². The Hall–Kier alpha value is -0.690. The van der Waals surface area contributed by atoms with E-state index in [-0.39, 0.29) is 5.91 Å². The number of hydrogen-bond donors (Lipinski definition) is 0. The van der Waals surface area contributed by atoms with Crippen LogP contribution in [0.1, 0.15) is 18.4 Å². The molecule has 0 bridgehead atoms. The van der Waals surface area contributed by atoms with Gasteiger partial charge in [-0.1, -0.05) is 52.0 Å². The van der Waals surface area contributed by atoms with Crippen LogP contribution in [0.2, 0.25) is 0 Å². The van der Waals surface area contributed by atoms with Gasteiger partial charge in [-0.2, -0.15) is 0 Å². The SMILES string of the molecule is O=C1C(=Cc2ccc(Br)cc2)SC(=S)N1CN1CCCC1. The average molecular weight is 383 g/mol. The first kappa shape index (κ1) is 15.2. The fourth-order valence-corrected chi connectivity index (χ4v) is 3.96. The third-order valence-electron chi connectivity index (χ3n) is 3.58. The molecule has 110 valence electrons. The molecule has 0 aliphatic carbocycles. The predicted octanol–water partition coefficient (Wildman–Crippen LogP) is 3.70. The molecular formula is C15H15BrN2OS2. The summed E-state index contributed by atoms with van der Waals surface area (Å²) < 4.78 is 1.69. The van der Waals surface area contributed by atoms with Gasteiger partial charge in [0.05, 0.1) is 11.6 Å². The number of carbonyl (C=O) groups is 1. The Morgan fingerprint density at radius 2 is 1.90 bits per heavy atom. The minimum Gasteiger partial charge on any atom is -0.286 e. The molecule has 2 aliphatic heterocycles. The lowest BCUT2D eigenvalue weighted by Crippen LogP contribution is -2.38. The second-order valence-electron chi connectivity index (χ2n) is 5.13. The Bertz CT molecular complexity index is 594. The molecule has 0 spiro atoms. The second kappa shape index (κ2) is 6.60. The molecule has 0 atom stereocenters. The number of rotatable bonds is 3. The number of thiocarbonyl (C=S) groups is 1. The van der Waals surface area contributed by atoms with Crippen LogP contribution >= 0.6 is 39.9 Å². The first-order valence-corrected chi connectivity index (χ1v) is 8.88. The highest BCUT2D eigenvalue weighted by Crippen LogP contribution is 2.33. The minimum atomic E-state index is 0.0276. The largest absolute Gasteiger partial charge is 0.286 e. The molecular weight excluding hydrogens is 368 g/mol. The molecule has 3 rings (SSSR count). The number of likely N-dealkylation sites (tertiary alicyclic amines) is 1. The van der Waals surface area contributed by atoms with Crippen LogP contribution in [0.3, 0.4) is 0 Å². The van der Waals surface area contributed by atoms with Crippen molar-refractivity contribution >= 4 is 56.2 Å². The number of benzene rings is 1. The third-order valence-corrected chi connectivity index (χ3v) is 5.49. The number of amides is 1. The summed E-state index contributed by atoms with van der Waals surface area (Å²) in [5.74, 6) is 0.0276. The van der Waals surface area contributed by atoms with E-state index < -0.39 is 0 Å². The summed E-state index contributed by atoms with van der Waals surface area (Å²) in [5.41, 5.74) is 1.01. The topological polar surface area (TPSA) is 23.6 Å². The summed E-state index contributed by atoms with van der Waals surface area (Å²) >= 11 is 10.2. The zero-order valence-electron chi connectivity index (χ0n) is 11.4. The van der Waals surface area contributed by atoms with Gasteiger partial charge in [0, 0.05) is 4.47 Å². The van der Waals surface area contributed by atoms with Crippen LogP contribution in [0.15, 0.2) is 33.6 Å². The monoisotopic (exact) mass is 382 g/mol. The van der Waals surface area contributed by atoms with E-state index in [1.165, 1.54) is 24.6 Å². The summed E-state index contributed by atoms with van der Waals surface area (Å²) in [6.07, 6.45) is 4.34. The van der Waals surface area contributed by atoms with Gasteiger partial charge in [-0.15, -0.1) is 0 Å². The van der Waals surface area contributed by atoms with Crippen LogP contribution in [0.25, 0.3) is 6.08 Å².